The number of phenols is 1. The minimum absolute atomic E-state index is 0.00111. The summed E-state index contributed by atoms with van der Waals surface area (Å²) in [6, 6.07) is 18.7. The molecule has 3 rings (SSSR count). The second-order valence-electron chi connectivity index (χ2n) is 8.40. The number of hydrogen-bond acceptors (Lipinski definition) is 6. The summed E-state index contributed by atoms with van der Waals surface area (Å²) in [7, 11) is 0. The molecule has 2 N–H and O–H groups in total. The molecule has 0 atom stereocenters. The lowest BCUT2D eigenvalue weighted by atomic mass is 10.0. The van der Waals surface area contributed by atoms with Gasteiger partial charge in [-0.3, -0.25) is 9.59 Å². The summed E-state index contributed by atoms with van der Waals surface area (Å²) in [4.78, 5) is 24.7. The van der Waals surface area contributed by atoms with E-state index in [-0.39, 0.29) is 18.0 Å². The van der Waals surface area contributed by atoms with Crippen LogP contribution < -0.4 is 9.47 Å². The van der Waals surface area contributed by atoms with Gasteiger partial charge in [0, 0.05) is 15.4 Å². The number of aromatic hydroxyl groups is 1. The quantitative estimate of drug-likeness (QED) is 0.188. The van der Waals surface area contributed by atoms with Crippen LogP contribution in [0.1, 0.15) is 54.6 Å². The summed E-state index contributed by atoms with van der Waals surface area (Å²) < 4.78 is 11.7. The first-order chi connectivity index (χ1) is 17.4. The maximum absolute atomic E-state index is 11.7. The van der Waals surface area contributed by atoms with Crippen LogP contribution in [-0.2, 0) is 17.6 Å². The van der Waals surface area contributed by atoms with E-state index in [1.54, 1.807) is 12.1 Å². The molecular weight excluding hydrogens is 476 g/mol. The number of ketones is 1. The molecule has 0 radical (unpaired) electrons. The topological polar surface area (TPSA) is 93.1 Å². The second-order valence-corrected chi connectivity index (χ2v) is 9.52. The van der Waals surface area contributed by atoms with Gasteiger partial charge in [-0.2, -0.15) is 0 Å². The van der Waals surface area contributed by atoms with Crippen molar-refractivity contribution in [1.82, 2.24) is 0 Å². The number of unbranched alkanes of at least 4 members (excludes halogenated alkanes) is 1. The fourth-order valence-electron chi connectivity index (χ4n) is 3.75. The lowest BCUT2D eigenvalue weighted by Crippen LogP contribution is -2.05. The molecule has 0 unspecified atom stereocenters. The van der Waals surface area contributed by atoms with Crippen molar-refractivity contribution in [3.63, 3.8) is 0 Å². The summed E-state index contributed by atoms with van der Waals surface area (Å²) in [5, 5.41) is 19.5. The maximum Gasteiger partial charge on any atom is 0.307 e. The Morgan fingerprint density at radius 1 is 0.917 bits per heavy atom. The van der Waals surface area contributed by atoms with E-state index in [0.29, 0.717) is 36.5 Å². The molecule has 0 fully saturated rings. The summed E-state index contributed by atoms with van der Waals surface area (Å²) in [6.45, 7) is 4.50. The minimum atomic E-state index is -0.845. The van der Waals surface area contributed by atoms with Gasteiger partial charge in [-0.05, 0) is 74.2 Å². The van der Waals surface area contributed by atoms with E-state index in [9.17, 15) is 14.7 Å². The number of rotatable bonds is 14. The summed E-state index contributed by atoms with van der Waals surface area (Å²) in [6.07, 6.45) is 3.07. The Morgan fingerprint density at radius 2 is 1.61 bits per heavy atom. The van der Waals surface area contributed by atoms with Crippen LogP contribution in [0.4, 0.5) is 0 Å². The lowest BCUT2D eigenvalue weighted by Gasteiger charge is -2.14. The van der Waals surface area contributed by atoms with Crippen molar-refractivity contribution in [1.29, 1.82) is 0 Å². The van der Waals surface area contributed by atoms with Crippen LogP contribution in [0.2, 0.25) is 0 Å². The number of ether oxygens (including phenoxy) is 2. The molecule has 36 heavy (non-hydrogen) atoms. The molecule has 0 amide bonds. The summed E-state index contributed by atoms with van der Waals surface area (Å²) >= 11 is 1.53. The largest absolute Gasteiger partial charge is 0.507 e. The van der Waals surface area contributed by atoms with Crippen molar-refractivity contribution in [3.05, 3.63) is 77.4 Å². The highest BCUT2D eigenvalue weighted by molar-refractivity contribution is 7.99. The first kappa shape index (κ1) is 27.1. The molecule has 0 saturated heterocycles. The van der Waals surface area contributed by atoms with Crippen LogP contribution in [-0.4, -0.2) is 35.2 Å². The second kappa shape index (κ2) is 13.6. The first-order valence-electron chi connectivity index (χ1n) is 12.1. The van der Waals surface area contributed by atoms with Crippen molar-refractivity contribution in [2.45, 2.75) is 55.7 Å². The zero-order chi connectivity index (χ0) is 25.9. The van der Waals surface area contributed by atoms with E-state index < -0.39 is 5.97 Å². The predicted octanol–water partition coefficient (Wildman–Crippen LogP) is 6.56. The van der Waals surface area contributed by atoms with Gasteiger partial charge in [-0.25, -0.2) is 0 Å². The molecule has 0 aromatic heterocycles. The van der Waals surface area contributed by atoms with E-state index >= 15 is 0 Å². The van der Waals surface area contributed by atoms with E-state index in [1.165, 1.54) is 18.7 Å². The molecular formula is C29H32O6S. The standard InChI is InChI=1S/C29H32O6S/c1-3-8-25-26(16-15-24(20(2)30)29(25)33)35-18-7-6-17-34-22-11-13-23(14-12-22)36-27-10-5-4-9-21(27)19-28(31)32/h4-5,9-16,33H,3,6-8,17-19H2,1-2H3,(H,31,32). The zero-order valence-electron chi connectivity index (χ0n) is 20.7. The molecule has 3 aromatic carbocycles. The van der Waals surface area contributed by atoms with Gasteiger partial charge in [0.1, 0.15) is 17.2 Å². The van der Waals surface area contributed by atoms with Gasteiger partial charge in [0.15, 0.2) is 5.78 Å². The summed E-state index contributed by atoms with van der Waals surface area (Å²) in [5.41, 5.74) is 1.81. The SMILES string of the molecule is CCCc1c(OCCCCOc2ccc(Sc3ccccc3CC(=O)O)cc2)ccc(C(C)=O)c1O. The van der Waals surface area contributed by atoms with Gasteiger partial charge >= 0.3 is 5.97 Å². The molecule has 3 aromatic rings. The monoisotopic (exact) mass is 508 g/mol. The number of aliphatic carboxylic acids is 1. The molecule has 6 nitrogen and oxygen atoms in total. The van der Waals surface area contributed by atoms with Crippen molar-refractivity contribution < 1.29 is 29.3 Å². The lowest BCUT2D eigenvalue weighted by molar-refractivity contribution is -0.136. The fourth-order valence-corrected chi connectivity index (χ4v) is 4.69. The minimum Gasteiger partial charge on any atom is -0.507 e. The molecule has 0 heterocycles. The van der Waals surface area contributed by atoms with E-state index in [2.05, 4.69) is 0 Å². The van der Waals surface area contributed by atoms with Crippen LogP contribution in [0, 0.1) is 0 Å². The number of hydrogen-bond donors (Lipinski definition) is 2. The molecule has 0 aliphatic heterocycles. The van der Waals surface area contributed by atoms with Crippen LogP contribution in [0.5, 0.6) is 17.2 Å². The number of Topliss-reactive ketones (excluding diaryl/α,β-unsaturated/α-hetero) is 1. The zero-order valence-corrected chi connectivity index (χ0v) is 21.5. The summed E-state index contributed by atoms with van der Waals surface area (Å²) in [5.74, 6) is 0.412. The molecule has 0 aliphatic carbocycles. The molecule has 0 spiro atoms. The van der Waals surface area contributed by atoms with Crippen molar-refractivity contribution in [2.24, 2.45) is 0 Å². The van der Waals surface area contributed by atoms with Gasteiger partial charge in [-0.1, -0.05) is 43.3 Å². The van der Waals surface area contributed by atoms with Gasteiger partial charge < -0.3 is 19.7 Å². The van der Waals surface area contributed by atoms with Gasteiger partial charge in [0.25, 0.3) is 0 Å². The molecule has 190 valence electrons. The van der Waals surface area contributed by atoms with E-state index in [1.807, 2.05) is 55.5 Å². The Labute approximate surface area is 216 Å². The van der Waals surface area contributed by atoms with Crippen molar-refractivity contribution in [2.75, 3.05) is 13.2 Å². The third-order valence-corrected chi connectivity index (χ3v) is 6.68. The normalized spacial score (nSPS) is 10.7. The Morgan fingerprint density at radius 3 is 2.28 bits per heavy atom. The molecule has 0 saturated carbocycles. The Hall–Kier alpha value is -3.45. The van der Waals surface area contributed by atoms with Gasteiger partial charge in [-0.15, -0.1) is 0 Å². The Kier molecular flexibility index (Phi) is 10.2. The van der Waals surface area contributed by atoms with Crippen LogP contribution in [0.15, 0.2) is 70.5 Å². The average molecular weight is 509 g/mol. The number of carboxylic acid groups (broad SMARTS) is 1. The number of benzene rings is 3. The first-order valence-corrected chi connectivity index (χ1v) is 12.9. The number of carbonyl (C=O) groups is 2. The highest BCUT2D eigenvalue weighted by Gasteiger charge is 2.15. The van der Waals surface area contributed by atoms with Gasteiger partial charge in [0.05, 0.1) is 25.2 Å². The average Bonchev–Trinajstić information content (AvgIpc) is 2.85. The van der Waals surface area contributed by atoms with Crippen LogP contribution >= 0.6 is 11.8 Å². The maximum atomic E-state index is 11.7. The smallest absolute Gasteiger partial charge is 0.307 e. The van der Waals surface area contributed by atoms with Crippen LogP contribution in [0.3, 0.4) is 0 Å². The molecule has 7 heteroatoms. The Bertz CT molecular complexity index is 1170. The predicted molar refractivity (Wildman–Crippen MR) is 141 cm³/mol. The third-order valence-electron chi connectivity index (χ3n) is 5.55. The highest BCUT2D eigenvalue weighted by Crippen LogP contribution is 2.33. The number of phenolic OH excluding ortho intramolecular Hbond substituents is 1. The van der Waals surface area contributed by atoms with Crippen molar-refractivity contribution >= 4 is 23.5 Å². The molecule has 0 bridgehead atoms. The van der Waals surface area contributed by atoms with E-state index in [0.717, 1.165) is 40.4 Å². The van der Waals surface area contributed by atoms with Crippen LogP contribution in [0.25, 0.3) is 0 Å². The Balaban J connectivity index is 1.44. The fraction of sp³-hybridized carbons (Fsp3) is 0.310. The van der Waals surface area contributed by atoms with Crippen molar-refractivity contribution in [3.8, 4) is 17.2 Å². The third kappa shape index (κ3) is 7.78. The number of carbonyl (C=O) groups excluding carboxylic acids is 1. The molecule has 0 aliphatic rings. The number of carboxylic acids is 1. The van der Waals surface area contributed by atoms with E-state index in [4.69, 9.17) is 14.6 Å². The van der Waals surface area contributed by atoms with Gasteiger partial charge in [0.2, 0.25) is 0 Å². The highest BCUT2D eigenvalue weighted by atomic mass is 32.2.